The lowest BCUT2D eigenvalue weighted by Gasteiger charge is -2.11. The molecule has 0 amide bonds. The zero-order chi connectivity index (χ0) is 11.3. The minimum atomic E-state index is -1.53. The van der Waals surface area contributed by atoms with Crippen molar-refractivity contribution >= 4 is 12.6 Å². The van der Waals surface area contributed by atoms with Crippen molar-refractivity contribution in [2.24, 2.45) is 0 Å². The highest BCUT2D eigenvalue weighted by molar-refractivity contribution is 6.58. The molecule has 1 unspecified atom stereocenters. The lowest BCUT2D eigenvalue weighted by Crippen LogP contribution is -2.30. The van der Waals surface area contributed by atoms with Crippen LogP contribution in [0.4, 0.5) is 0 Å². The molecule has 0 aliphatic heterocycles. The summed E-state index contributed by atoms with van der Waals surface area (Å²) in [5.74, 6) is 0.490. The number of methoxy groups -OCH3 is 1. The molecule has 0 saturated heterocycles. The Morgan fingerprint density at radius 2 is 2.20 bits per heavy atom. The van der Waals surface area contributed by atoms with Crippen LogP contribution in [0.3, 0.4) is 0 Å². The van der Waals surface area contributed by atoms with Gasteiger partial charge in [0.05, 0.1) is 12.3 Å². The van der Waals surface area contributed by atoms with E-state index in [4.69, 9.17) is 19.5 Å². The van der Waals surface area contributed by atoms with E-state index in [1.165, 1.54) is 18.5 Å². The average molecular weight is 211 g/mol. The highest BCUT2D eigenvalue weighted by atomic mass is 16.5. The summed E-state index contributed by atoms with van der Waals surface area (Å²) in [6.07, 6.45) is 2.86. The van der Waals surface area contributed by atoms with Crippen molar-refractivity contribution in [3.8, 4) is 5.75 Å². The highest BCUT2D eigenvalue weighted by Gasteiger charge is 2.12. The number of rotatable bonds is 5. The molecule has 0 aliphatic carbocycles. The predicted octanol–water partition coefficient (Wildman–Crippen LogP) is -0.825. The van der Waals surface area contributed by atoms with Gasteiger partial charge in [0.2, 0.25) is 0 Å². The SMILES string of the molecule is COC(C)COc1cncc(B(O)O)c1. The second-order valence-electron chi connectivity index (χ2n) is 3.18. The van der Waals surface area contributed by atoms with Gasteiger partial charge < -0.3 is 19.5 Å². The molecule has 1 aromatic rings. The Labute approximate surface area is 88.8 Å². The standard InChI is InChI=1S/C9H14BNO4/c1-7(14-2)6-15-9-3-8(10(12)13)4-11-5-9/h3-5,7,12-13H,6H2,1-2H3. The molecule has 1 heterocycles. The van der Waals surface area contributed by atoms with Gasteiger partial charge in [0.15, 0.2) is 0 Å². The molecule has 15 heavy (non-hydrogen) atoms. The van der Waals surface area contributed by atoms with E-state index in [0.29, 0.717) is 17.8 Å². The summed E-state index contributed by atoms with van der Waals surface area (Å²) >= 11 is 0. The normalized spacial score (nSPS) is 12.3. The number of hydrogen-bond donors (Lipinski definition) is 2. The second kappa shape index (κ2) is 5.70. The molecule has 0 saturated carbocycles. The molecule has 82 valence electrons. The Hall–Kier alpha value is -1.11. The van der Waals surface area contributed by atoms with Crippen LogP contribution in [0.2, 0.25) is 0 Å². The van der Waals surface area contributed by atoms with E-state index in [9.17, 15) is 0 Å². The van der Waals surface area contributed by atoms with Gasteiger partial charge in [-0.15, -0.1) is 0 Å². The quantitative estimate of drug-likeness (QED) is 0.622. The lowest BCUT2D eigenvalue weighted by molar-refractivity contribution is 0.0715. The first-order valence-corrected chi connectivity index (χ1v) is 4.60. The lowest BCUT2D eigenvalue weighted by atomic mass is 9.82. The average Bonchev–Trinajstić information content (AvgIpc) is 2.26. The van der Waals surface area contributed by atoms with Gasteiger partial charge in [0.25, 0.3) is 0 Å². The van der Waals surface area contributed by atoms with Crippen molar-refractivity contribution in [2.75, 3.05) is 13.7 Å². The molecule has 0 aliphatic rings. The first-order chi connectivity index (χ1) is 7.13. The maximum Gasteiger partial charge on any atom is 0.490 e. The summed E-state index contributed by atoms with van der Waals surface area (Å²) in [5, 5.41) is 17.8. The van der Waals surface area contributed by atoms with E-state index in [0.717, 1.165) is 0 Å². The zero-order valence-corrected chi connectivity index (χ0v) is 8.75. The molecule has 1 rings (SSSR count). The first kappa shape index (κ1) is 12.0. The van der Waals surface area contributed by atoms with Gasteiger partial charge in [-0.1, -0.05) is 0 Å². The predicted molar refractivity (Wildman–Crippen MR) is 56.0 cm³/mol. The van der Waals surface area contributed by atoms with E-state index in [-0.39, 0.29) is 6.10 Å². The van der Waals surface area contributed by atoms with Crippen LogP contribution in [-0.2, 0) is 4.74 Å². The summed E-state index contributed by atoms with van der Waals surface area (Å²) in [7, 11) is 0.0705. The minimum absolute atomic E-state index is 0.0206. The number of nitrogens with zero attached hydrogens (tertiary/aromatic N) is 1. The van der Waals surface area contributed by atoms with E-state index in [1.54, 1.807) is 7.11 Å². The first-order valence-electron chi connectivity index (χ1n) is 4.60. The molecular formula is C9H14BNO4. The highest BCUT2D eigenvalue weighted by Crippen LogP contribution is 2.06. The van der Waals surface area contributed by atoms with Crippen molar-refractivity contribution in [1.29, 1.82) is 0 Å². The van der Waals surface area contributed by atoms with Crippen LogP contribution < -0.4 is 10.2 Å². The number of pyridine rings is 1. The molecule has 5 nitrogen and oxygen atoms in total. The summed E-state index contributed by atoms with van der Waals surface area (Å²) in [6, 6.07) is 1.53. The Balaban J connectivity index is 2.58. The topological polar surface area (TPSA) is 71.8 Å². The largest absolute Gasteiger partial charge is 0.490 e. The van der Waals surface area contributed by atoms with Crippen molar-refractivity contribution < 1.29 is 19.5 Å². The molecule has 1 atom stereocenters. The van der Waals surface area contributed by atoms with Gasteiger partial charge in [0.1, 0.15) is 12.4 Å². The van der Waals surface area contributed by atoms with Gasteiger partial charge in [0, 0.05) is 18.8 Å². The molecule has 0 radical (unpaired) electrons. The maximum atomic E-state index is 8.91. The third-order valence-electron chi connectivity index (χ3n) is 1.92. The summed E-state index contributed by atoms with van der Waals surface area (Å²) in [5.41, 5.74) is 0.303. The van der Waals surface area contributed by atoms with Crippen LogP contribution in [0.15, 0.2) is 18.5 Å². The Morgan fingerprint density at radius 3 is 2.80 bits per heavy atom. The molecular weight excluding hydrogens is 197 g/mol. The minimum Gasteiger partial charge on any atom is -0.489 e. The third kappa shape index (κ3) is 3.87. The van der Waals surface area contributed by atoms with Crippen molar-refractivity contribution in [2.45, 2.75) is 13.0 Å². The van der Waals surface area contributed by atoms with E-state index in [2.05, 4.69) is 4.98 Å². The fourth-order valence-corrected chi connectivity index (χ4v) is 0.937. The smallest absolute Gasteiger partial charge is 0.489 e. The maximum absolute atomic E-state index is 8.91. The molecule has 0 spiro atoms. The van der Waals surface area contributed by atoms with Crippen LogP contribution in [-0.4, -0.2) is 42.0 Å². The summed E-state index contributed by atoms with van der Waals surface area (Å²) in [6.45, 7) is 2.27. The molecule has 6 heteroatoms. The van der Waals surface area contributed by atoms with Gasteiger partial charge in [-0.3, -0.25) is 4.98 Å². The second-order valence-corrected chi connectivity index (χ2v) is 3.18. The van der Waals surface area contributed by atoms with E-state index in [1.807, 2.05) is 6.92 Å². The molecule has 0 aromatic carbocycles. The van der Waals surface area contributed by atoms with Crippen LogP contribution in [0.25, 0.3) is 0 Å². The summed E-state index contributed by atoms with van der Waals surface area (Å²) in [4.78, 5) is 3.82. The number of hydrogen-bond acceptors (Lipinski definition) is 5. The number of ether oxygens (including phenoxy) is 2. The fourth-order valence-electron chi connectivity index (χ4n) is 0.937. The van der Waals surface area contributed by atoms with Gasteiger partial charge in [-0.25, -0.2) is 0 Å². The van der Waals surface area contributed by atoms with E-state index < -0.39 is 7.12 Å². The van der Waals surface area contributed by atoms with Crippen LogP contribution >= 0.6 is 0 Å². The van der Waals surface area contributed by atoms with Gasteiger partial charge >= 0.3 is 7.12 Å². The van der Waals surface area contributed by atoms with E-state index >= 15 is 0 Å². The number of aromatic nitrogens is 1. The van der Waals surface area contributed by atoms with Crippen LogP contribution in [0.1, 0.15) is 6.92 Å². The molecule has 0 fully saturated rings. The Bertz CT molecular complexity index is 308. The molecule has 1 aromatic heterocycles. The van der Waals surface area contributed by atoms with Gasteiger partial charge in [-0.05, 0) is 13.0 Å². The fraction of sp³-hybridized carbons (Fsp3) is 0.444. The van der Waals surface area contributed by atoms with Crippen molar-refractivity contribution in [1.82, 2.24) is 4.98 Å². The van der Waals surface area contributed by atoms with Crippen LogP contribution in [0, 0.1) is 0 Å². The third-order valence-corrected chi connectivity index (χ3v) is 1.92. The Kier molecular flexibility index (Phi) is 4.55. The monoisotopic (exact) mass is 211 g/mol. The summed E-state index contributed by atoms with van der Waals surface area (Å²) < 4.78 is 10.3. The Morgan fingerprint density at radius 1 is 1.47 bits per heavy atom. The molecule has 0 bridgehead atoms. The zero-order valence-electron chi connectivity index (χ0n) is 8.75. The van der Waals surface area contributed by atoms with Crippen molar-refractivity contribution in [3.05, 3.63) is 18.5 Å². The molecule has 2 N–H and O–H groups in total. The van der Waals surface area contributed by atoms with Crippen molar-refractivity contribution in [3.63, 3.8) is 0 Å². The van der Waals surface area contributed by atoms with Crippen LogP contribution in [0.5, 0.6) is 5.75 Å². The van der Waals surface area contributed by atoms with Gasteiger partial charge in [-0.2, -0.15) is 0 Å².